The Morgan fingerprint density at radius 2 is 2.00 bits per heavy atom. The molecule has 0 saturated carbocycles. The van der Waals surface area contributed by atoms with E-state index in [1.165, 1.54) is 5.06 Å². The molecule has 2 rings (SSSR count). The van der Waals surface area contributed by atoms with Crippen LogP contribution in [0.15, 0.2) is 48.4 Å². The molecular formula is C13H13NOS. The largest absolute Gasteiger partial charge is 0.288 e. The van der Waals surface area contributed by atoms with Gasteiger partial charge in [0.2, 0.25) is 0 Å². The molecule has 0 saturated heterocycles. The van der Waals surface area contributed by atoms with Gasteiger partial charge in [0.1, 0.15) is 0 Å². The van der Waals surface area contributed by atoms with Crippen molar-refractivity contribution in [3.05, 3.63) is 58.8 Å². The third kappa shape index (κ3) is 2.51. The van der Waals surface area contributed by atoms with Crippen molar-refractivity contribution >= 4 is 23.1 Å². The van der Waals surface area contributed by atoms with Crippen LogP contribution in [0.1, 0.15) is 10.4 Å². The zero-order chi connectivity index (χ0) is 11.4. The highest BCUT2D eigenvalue weighted by Gasteiger charge is 2.04. The molecule has 0 amide bonds. The SMILES string of the molecule is C=Cc1ccc(N(O)Cc2cccs2)cc1. The molecule has 0 aliphatic heterocycles. The van der Waals surface area contributed by atoms with Crippen LogP contribution in [0.3, 0.4) is 0 Å². The first-order valence-corrected chi connectivity index (χ1v) is 5.89. The fraction of sp³-hybridized carbons (Fsp3) is 0.0769. The second kappa shape index (κ2) is 4.96. The highest BCUT2D eigenvalue weighted by Crippen LogP contribution is 2.18. The molecule has 3 heteroatoms. The smallest absolute Gasteiger partial charge is 0.0796 e. The molecule has 0 fully saturated rings. The van der Waals surface area contributed by atoms with Crippen LogP contribution < -0.4 is 5.06 Å². The molecule has 0 bridgehead atoms. The summed E-state index contributed by atoms with van der Waals surface area (Å²) in [4.78, 5) is 1.13. The van der Waals surface area contributed by atoms with E-state index in [1.54, 1.807) is 17.4 Å². The molecule has 1 heterocycles. The van der Waals surface area contributed by atoms with Crippen LogP contribution in [0.2, 0.25) is 0 Å². The Bertz CT molecular complexity index is 447. The third-order valence-electron chi connectivity index (χ3n) is 2.31. The topological polar surface area (TPSA) is 23.5 Å². The average Bonchev–Trinajstić information content (AvgIpc) is 2.82. The quantitative estimate of drug-likeness (QED) is 0.809. The number of rotatable bonds is 4. The first kappa shape index (κ1) is 10.9. The zero-order valence-electron chi connectivity index (χ0n) is 8.84. The minimum absolute atomic E-state index is 0.519. The average molecular weight is 231 g/mol. The lowest BCUT2D eigenvalue weighted by Crippen LogP contribution is -2.16. The molecular weight excluding hydrogens is 218 g/mol. The van der Waals surface area contributed by atoms with Gasteiger partial charge in [-0.25, -0.2) is 0 Å². The Morgan fingerprint density at radius 1 is 1.25 bits per heavy atom. The van der Waals surface area contributed by atoms with Crippen LogP contribution in [0.4, 0.5) is 5.69 Å². The molecule has 1 aromatic heterocycles. The minimum atomic E-state index is 0.519. The van der Waals surface area contributed by atoms with Gasteiger partial charge in [0.05, 0.1) is 12.2 Å². The molecule has 2 nitrogen and oxygen atoms in total. The fourth-order valence-corrected chi connectivity index (χ4v) is 2.11. The van der Waals surface area contributed by atoms with Gasteiger partial charge in [0.15, 0.2) is 0 Å². The summed E-state index contributed by atoms with van der Waals surface area (Å²) in [5.74, 6) is 0. The fourth-order valence-electron chi connectivity index (χ4n) is 1.42. The molecule has 1 N–H and O–H groups in total. The van der Waals surface area contributed by atoms with Crippen LogP contribution in [0.5, 0.6) is 0 Å². The Kier molecular flexibility index (Phi) is 3.39. The van der Waals surface area contributed by atoms with Crippen molar-refractivity contribution in [3.8, 4) is 0 Å². The van der Waals surface area contributed by atoms with E-state index in [2.05, 4.69) is 6.58 Å². The van der Waals surface area contributed by atoms with Crippen LogP contribution in [-0.2, 0) is 6.54 Å². The van der Waals surface area contributed by atoms with E-state index >= 15 is 0 Å². The number of benzene rings is 1. The molecule has 0 atom stereocenters. The van der Waals surface area contributed by atoms with Gasteiger partial charge in [-0.2, -0.15) is 0 Å². The van der Waals surface area contributed by atoms with Crippen molar-refractivity contribution in [3.63, 3.8) is 0 Å². The van der Waals surface area contributed by atoms with E-state index < -0.39 is 0 Å². The van der Waals surface area contributed by atoms with E-state index in [0.29, 0.717) is 6.54 Å². The van der Waals surface area contributed by atoms with E-state index in [-0.39, 0.29) is 0 Å². The van der Waals surface area contributed by atoms with Gasteiger partial charge in [0, 0.05) is 4.88 Å². The molecule has 0 aliphatic rings. The molecule has 0 unspecified atom stereocenters. The summed E-state index contributed by atoms with van der Waals surface area (Å²) in [5, 5.41) is 13.1. The van der Waals surface area contributed by atoms with Crippen LogP contribution in [0.25, 0.3) is 6.08 Å². The van der Waals surface area contributed by atoms with Crippen molar-refractivity contribution in [1.29, 1.82) is 0 Å². The highest BCUT2D eigenvalue weighted by molar-refractivity contribution is 7.09. The first-order valence-electron chi connectivity index (χ1n) is 5.01. The summed E-state index contributed by atoms with van der Waals surface area (Å²) in [6.07, 6.45) is 1.78. The van der Waals surface area contributed by atoms with Crippen molar-refractivity contribution in [1.82, 2.24) is 0 Å². The van der Waals surface area contributed by atoms with E-state index in [0.717, 1.165) is 16.1 Å². The molecule has 1 aromatic carbocycles. The van der Waals surface area contributed by atoms with Gasteiger partial charge in [0.25, 0.3) is 0 Å². The van der Waals surface area contributed by atoms with Crippen molar-refractivity contribution < 1.29 is 5.21 Å². The molecule has 16 heavy (non-hydrogen) atoms. The van der Waals surface area contributed by atoms with Crippen LogP contribution in [-0.4, -0.2) is 5.21 Å². The predicted molar refractivity (Wildman–Crippen MR) is 68.8 cm³/mol. The van der Waals surface area contributed by atoms with E-state index in [9.17, 15) is 5.21 Å². The Labute approximate surface area is 99.0 Å². The summed E-state index contributed by atoms with van der Waals surface area (Å²) in [7, 11) is 0. The summed E-state index contributed by atoms with van der Waals surface area (Å²) in [5.41, 5.74) is 1.84. The number of hydroxylamine groups is 1. The molecule has 0 aliphatic carbocycles. The second-order valence-electron chi connectivity index (χ2n) is 3.43. The summed E-state index contributed by atoms with van der Waals surface area (Å²) in [6, 6.07) is 11.6. The monoisotopic (exact) mass is 231 g/mol. The number of hydrogen-bond donors (Lipinski definition) is 1. The van der Waals surface area contributed by atoms with E-state index in [4.69, 9.17) is 0 Å². The Balaban J connectivity index is 2.08. The van der Waals surface area contributed by atoms with Crippen molar-refractivity contribution in [2.75, 3.05) is 5.06 Å². The molecule has 82 valence electrons. The zero-order valence-corrected chi connectivity index (χ0v) is 9.65. The maximum Gasteiger partial charge on any atom is 0.0796 e. The van der Waals surface area contributed by atoms with Gasteiger partial charge in [-0.15, -0.1) is 11.3 Å². The predicted octanol–water partition coefficient (Wildman–Crippen LogP) is 3.79. The Morgan fingerprint density at radius 3 is 2.56 bits per heavy atom. The maximum atomic E-state index is 9.87. The molecule has 0 radical (unpaired) electrons. The summed E-state index contributed by atoms with van der Waals surface area (Å²) in [6.45, 7) is 4.21. The number of hydrogen-bond acceptors (Lipinski definition) is 3. The highest BCUT2D eigenvalue weighted by atomic mass is 32.1. The second-order valence-corrected chi connectivity index (χ2v) is 4.46. The lowest BCUT2D eigenvalue weighted by molar-refractivity contribution is 0.251. The van der Waals surface area contributed by atoms with Gasteiger partial charge in [-0.3, -0.25) is 10.3 Å². The lowest BCUT2D eigenvalue weighted by atomic mass is 10.2. The number of thiophene rings is 1. The molecule has 2 aromatic rings. The minimum Gasteiger partial charge on any atom is -0.288 e. The van der Waals surface area contributed by atoms with Crippen molar-refractivity contribution in [2.24, 2.45) is 0 Å². The maximum absolute atomic E-state index is 9.87. The van der Waals surface area contributed by atoms with Crippen LogP contribution >= 0.6 is 11.3 Å². The number of nitrogens with zero attached hydrogens (tertiary/aromatic N) is 1. The number of anilines is 1. The standard InChI is InChI=1S/C13H13NOS/c1-2-11-5-7-12(8-6-11)14(15)10-13-4-3-9-16-13/h2-9,15H,1,10H2. The Hall–Kier alpha value is -1.58. The van der Waals surface area contributed by atoms with Gasteiger partial charge in [-0.05, 0) is 29.1 Å². The third-order valence-corrected chi connectivity index (χ3v) is 3.17. The van der Waals surface area contributed by atoms with Gasteiger partial charge >= 0.3 is 0 Å². The molecule has 0 spiro atoms. The van der Waals surface area contributed by atoms with E-state index in [1.807, 2.05) is 41.8 Å². The van der Waals surface area contributed by atoms with Gasteiger partial charge in [-0.1, -0.05) is 30.9 Å². The normalized spacial score (nSPS) is 10.1. The van der Waals surface area contributed by atoms with Crippen LogP contribution in [0, 0.1) is 0 Å². The summed E-state index contributed by atoms with van der Waals surface area (Å²) < 4.78 is 0. The summed E-state index contributed by atoms with van der Waals surface area (Å²) >= 11 is 1.64. The first-order chi connectivity index (χ1) is 7.79. The van der Waals surface area contributed by atoms with Crippen molar-refractivity contribution in [2.45, 2.75) is 6.54 Å². The lowest BCUT2D eigenvalue weighted by Gasteiger charge is -2.15. The van der Waals surface area contributed by atoms with Gasteiger partial charge < -0.3 is 0 Å².